The number of ether oxygens (including phenoxy) is 3. The van der Waals surface area contributed by atoms with Crippen molar-refractivity contribution in [3.63, 3.8) is 0 Å². The average Bonchev–Trinajstić information content (AvgIpc) is 3.25. The zero-order valence-corrected chi connectivity index (χ0v) is 17.0. The fraction of sp³-hybridized carbons (Fsp3) is 0.273. The predicted molar refractivity (Wildman–Crippen MR) is 107 cm³/mol. The molecule has 0 N–H and O–H groups in total. The summed E-state index contributed by atoms with van der Waals surface area (Å²) in [5, 5.41) is 3.91. The van der Waals surface area contributed by atoms with Crippen molar-refractivity contribution in [2.75, 3.05) is 13.7 Å². The van der Waals surface area contributed by atoms with Crippen molar-refractivity contribution >= 4 is 11.8 Å². The van der Waals surface area contributed by atoms with Crippen LogP contribution in [0.2, 0.25) is 0 Å². The van der Waals surface area contributed by atoms with Crippen molar-refractivity contribution in [3.8, 4) is 22.9 Å². The van der Waals surface area contributed by atoms with Gasteiger partial charge < -0.3 is 18.7 Å². The molecule has 0 atom stereocenters. The number of esters is 1. The number of methoxy groups -OCH3 is 1. The molecule has 8 heteroatoms. The van der Waals surface area contributed by atoms with Crippen LogP contribution in [0.4, 0.5) is 0 Å². The Morgan fingerprint density at radius 3 is 2.50 bits per heavy atom. The first-order valence-corrected chi connectivity index (χ1v) is 9.39. The first-order chi connectivity index (χ1) is 14.5. The molecule has 1 heterocycles. The van der Waals surface area contributed by atoms with Crippen molar-refractivity contribution in [2.45, 2.75) is 26.9 Å². The molecule has 0 radical (unpaired) electrons. The molecule has 8 nitrogen and oxygen atoms in total. The molecule has 0 amide bonds. The number of carbonyl (C=O) groups is 2. The topological polar surface area (TPSA) is 101 Å². The summed E-state index contributed by atoms with van der Waals surface area (Å²) in [5.41, 5.74) is 2.51. The number of benzene rings is 2. The Morgan fingerprint density at radius 2 is 1.83 bits per heavy atom. The average molecular weight is 410 g/mol. The van der Waals surface area contributed by atoms with Gasteiger partial charge in [-0.05, 0) is 37.1 Å². The van der Waals surface area contributed by atoms with Crippen molar-refractivity contribution in [2.24, 2.45) is 0 Å². The number of rotatable bonds is 9. The van der Waals surface area contributed by atoms with Gasteiger partial charge in [-0.15, -0.1) is 0 Å². The van der Waals surface area contributed by atoms with Gasteiger partial charge in [0.1, 0.15) is 0 Å². The summed E-state index contributed by atoms with van der Waals surface area (Å²) in [7, 11) is 1.45. The highest BCUT2D eigenvalue weighted by molar-refractivity contribution is 5.94. The quantitative estimate of drug-likeness (QED) is 0.389. The Bertz CT molecular complexity index is 1030. The molecule has 0 aliphatic rings. The fourth-order valence-electron chi connectivity index (χ4n) is 2.65. The Morgan fingerprint density at radius 1 is 1.07 bits per heavy atom. The van der Waals surface area contributed by atoms with E-state index in [1.165, 1.54) is 19.6 Å². The number of aryl methyl sites for hydroxylation is 1. The molecule has 0 bridgehead atoms. The summed E-state index contributed by atoms with van der Waals surface area (Å²) in [6.45, 7) is 3.03. The minimum absolute atomic E-state index is 0.0977. The normalized spacial score (nSPS) is 10.5. The van der Waals surface area contributed by atoms with Gasteiger partial charge in [0.15, 0.2) is 30.5 Å². The number of nitrogens with zero attached hydrogens (tertiary/aromatic N) is 2. The van der Waals surface area contributed by atoms with Gasteiger partial charge in [0.2, 0.25) is 5.82 Å². The predicted octanol–water partition coefficient (Wildman–Crippen LogP) is 3.63. The number of ketones is 1. The zero-order chi connectivity index (χ0) is 21.5. The third-order valence-corrected chi connectivity index (χ3v) is 4.36. The van der Waals surface area contributed by atoms with Crippen molar-refractivity contribution < 1.29 is 28.3 Å². The van der Waals surface area contributed by atoms with Crippen LogP contribution in [0.1, 0.15) is 35.7 Å². The lowest BCUT2D eigenvalue weighted by molar-refractivity contribution is -0.148. The maximum absolute atomic E-state index is 12.0. The summed E-state index contributed by atoms with van der Waals surface area (Å²) in [6.07, 6.45) is 0.947. The second-order valence-corrected chi connectivity index (χ2v) is 6.43. The van der Waals surface area contributed by atoms with E-state index in [0.29, 0.717) is 22.9 Å². The van der Waals surface area contributed by atoms with E-state index in [1.54, 1.807) is 18.2 Å². The highest BCUT2D eigenvalue weighted by Gasteiger charge is 2.14. The summed E-state index contributed by atoms with van der Waals surface area (Å²) in [4.78, 5) is 27.7. The SMILES string of the molecule is CCc1ccc(-c2noc(COC(=O)COc3ccc(C(C)=O)cc3OC)n2)cc1. The smallest absolute Gasteiger partial charge is 0.344 e. The first-order valence-electron chi connectivity index (χ1n) is 9.39. The van der Waals surface area contributed by atoms with Gasteiger partial charge in [-0.3, -0.25) is 4.79 Å². The molecular weight excluding hydrogens is 388 g/mol. The summed E-state index contributed by atoms with van der Waals surface area (Å²) in [6, 6.07) is 12.5. The molecule has 30 heavy (non-hydrogen) atoms. The van der Waals surface area contributed by atoms with Crippen LogP contribution in [0, 0.1) is 0 Å². The van der Waals surface area contributed by atoms with Crippen LogP contribution in [0.25, 0.3) is 11.4 Å². The molecule has 0 unspecified atom stereocenters. The van der Waals surface area contributed by atoms with Gasteiger partial charge in [0.05, 0.1) is 7.11 Å². The van der Waals surface area contributed by atoms with Crippen LogP contribution in [0.3, 0.4) is 0 Å². The monoisotopic (exact) mass is 410 g/mol. The van der Waals surface area contributed by atoms with E-state index in [2.05, 4.69) is 17.1 Å². The van der Waals surface area contributed by atoms with E-state index in [1.807, 2.05) is 24.3 Å². The minimum Gasteiger partial charge on any atom is -0.493 e. The van der Waals surface area contributed by atoms with E-state index in [0.717, 1.165) is 12.0 Å². The lowest BCUT2D eigenvalue weighted by Gasteiger charge is -2.11. The highest BCUT2D eigenvalue weighted by atomic mass is 16.6. The first kappa shape index (κ1) is 21.0. The van der Waals surface area contributed by atoms with Gasteiger partial charge in [-0.25, -0.2) is 4.79 Å². The Kier molecular flexibility index (Phi) is 6.79. The van der Waals surface area contributed by atoms with E-state index >= 15 is 0 Å². The van der Waals surface area contributed by atoms with Crippen LogP contribution in [0.15, 0.2) is 47.0 Å². The Balaban J connectivity index is 1.53. The zero-order valence-electron chi connectivity index (χ0n) is 17.0. The molecule has 0 aliphatic heterocycles. The molecule has 2 aromatic carbocycles. The van der Waals surface area contributed by atoms with E-state index in [4.69, 9.17) is 18.7 Å². The van der Waals surface area contributed by atoms with Gasteiger partial charge in [-0.2, -0.15) is 4.98 Å². The third kappa shape index (κ3) is 5.22. The molecule has 0 fully saturated rings. The second kappa shape index (κ2) is 9.69. The molecule has 0 saturated heterocycles. The van der Waals surface area contributed by atoms with Crippen molar-refractivity contribution in [3.05, 3.63) is 59.5 Å². The van der Waals surface area contributed by atoms with Crippen molar-refractivity contribution in [1.29, 1.82) is 0 Å². The van der Waals surface area contributed by atoms with Crippen LogP contribution >= 0.6 is 0 Å². The second-order valence-electron chi connectivity index (χ2n) is 6.43. The molecule has 0 aliphatic carbocycles. The maximum atomic E-state index is 12.0. The lowest BCUT2D eigenvalue weighted by atomic mass is 10.1. The third-order valence-electron chi connectivity index (χ3n) is 4.36. The van der Waals surface area contributed by atoms with Gasteiger partial charge in [0.25, 0.3) is 5.89 Å². The number of carbonyl (C=O) groups excluding carboxylic acids is 2. The largest absolute Gasteiger partial charge is 0.493 e. The molecule has 0 saturated carbocycles. The number of Topliss-reactive ketones (excluding diaryl/α,β-unsaturated/α-hetero) is 1. The standard InChI is InChI=1S/C22H22N2O6/c1-4-15-5-7-16(8-6-15)22-23-20(30-24-22)12-29-21(26)13-28-18-10-9-17(14(2)25)11-19(18)27-3/h5-11H,4,12-13H2,1-3H3. The summed E-state index contributed by atoms with van der Waals surface area (Å²) >= 11 is 0. The fourth-order valence-corrected chi connectivity index (χ4v) is 2.65. The Hall–Kier alpha value is -3.68. The van der Waals surface area contributed by atoms with Crippen LogP contribution in [0.5, 0.6) is 11.5 Å². The Labute approximate surface area is 173 Å². The molecule has 0 spiro atoms. The molecule has 156 valence electrons. The van der Waals surface area contributed by atoms with E-state index < -0.39 is 5.97 Å². The molecular formula is C22H22N2O6. The molecule has 3 rings (SSSR count). The van der Waals surface area contributed by atoms with Crippen LogP contribution in [-0.4, -0.2) is 35.6 Å². The van der Waals surface area contributed by atoms with E-state index in [-0.39, 0.29) is 24.9 Å². The highest BCUT2D eigenvalue weighted by Crippen LogP contribution is 2.28. The molecule has 1 aromatic heterocycles. The van der Waals surface area contributed by atoms with Crippen LogP contribution < -0.4 is 9.47 Å². The van der Waals surface area contributed by atoms with Crippen molar-refractivity contribution in [1.82, 2.24) is 10.1 Å². The van der Waals surface area contributed by atoms with Crippen LogP contribution in [-0.2, 0) is 22.6 Å². The van der Waals surface area contributed by atoms with Gasteiger partial charge in [0, 0.05) is 11.1 Å². The summed E-state index contributed by atoms with van der Waals surface area (Å²) in [5.74, 6) is 0.581. The number of aromatic nitrogens is 2. The summed E-state index contributed by atoms with van der Waals surface area (Å²) < 4.78 is 20.9. The van der Waals surface area contributed by atoms with Gasteiger partial charge in [-0.1, -0.05) is 36.3 Å². The number of hydrogen-bond acceptors (Lipinski definition) is 8. The maximum Gasteiger partial charge on any atom is 0.344 e. The molecule has 3 aromatic rings. The minimum atomic E-state index is -0.611. The number of hydrogen-bond donors (Lipinski definition) is 0. The van der Waals surface area contributed by atoms with Gasteiger partial charge >= 0.3 is 5.97 Å². The van der Waals surface area contributed by atoms with E-state index in [9.17, 15) is 9.59 Å². The lowest BCUT2D eigenvalue weighted by Crippen LogP contribution is -2.15.